The maximum atomic E-state index is 11.5. The van der Waals surface area contributed by atoms with Crippen LogP contribution in [0.2, 0.25) is 0 Å². The first-order valence-electron chi connectivity index (χ1n) is 5.41. The van der Waals surface area contributed by atoms with E-state index < -0.39 is 30.3 Å². The molecule has 0 unspecified atom stereocenters. The second-order valence-electron chi connectivity index (χ2n) is 3.79. The third kappa shape index (κ3) is 5.15. The number of amides is 1. The molecule has 0 aliphatic heterocycles. The van der Waals surface area contributed by atoms with E-state index in [1.54, 1.807) is 6.92 Å². The van der Waals surface area contributed by atoms with Crippen LogP contribution in [0.4, 0.5) is 0 Å². The molecule has 104 valence electrons. The molecule has 0 aliphatic rings. The minimum absolute atomic E-state index is 0.0645. The number of carboxylic acids is 2. The lowest BCUT2D eigenvalue weighted by molar-refractivity contribution is -0.147. The Bertz CT molecular complexity index is 483. The van der Waals surface area contributed by atoms with Gasteiger partial charge in [-0.3, -0.25) is 9.59 Å². The van der Waals surface area contributed by atoms with Crippen LogP contribution in [-0.4, -0.2) is 44.2 Å². The molecule has 9 nitrogen and oxygen atoms in total. The van der Waals surface area contributed by atoms with Gasteiger partial charge in [-0.05, 0) is 6.92 Å². The van der Waals surface area contributed by atoms with Crippen LogP contribution in [0.1, 0.15) is 24.6 Å². The van der Waals surface area contributed by atoms with Crippen molar-refractivity contribution in [1.29, 1.82) is 0 Å². The highest BCUT2D eigenvalue weighted by Crippen LogP contribution is 2.01. The second kappa shape index (κ2) is 6.47. The largest absolute Gasteiger partial charge is 0.481 e. The Balaban J connectivity index is 2.44. The normalized spacial score (nSPS) is 11.8. The average Bonchev–Trinajstić information content (AvgIpc) is 2.71. The third-order valence-corrected chi connectivity index (χ3v) is 2.15. The van der Waals surface area contributed by atoms with Crippen molar-refractivity contribution >= 4 is 17.8 Å². The predicted octanol–water partition coefficient (Wildman–Crippen LogP) is -0.645. The van der Waals surface area contributed by atoms with Gasteiger partial charge in [-0.15, -0.1) is 0 Å². The number of aryl methyl sites for hydroxylation is 2. The van der Waals surface area contributed by atoms with Gasteiger partial charge in [0.25, 0.3) is 0 Å². The summed E-state index contributed by atoms with van der Waals surface area (Å²) in [7, 11) is 0. The summed E-state index contributed by atoms with van der Waals surface area (Å²) in [5.74, 6) is -2.60. The van der Waals surface area contributed by atoms with Crippen molar-refractivity contribution < 1.29 is 29.1 Å². The number of rotatable bonds is 7. The molecule has 0 fully saturated rings. The topological polar surface area (TPSA) is 143 Å². The zero-order chi connectivity index (χ0) is 14.4. The lowest BCUT2D eigenvalue weighted by Crippen LogP contribution is -2.42. The Morgan fingerprint density at radius 3 is 2.53 bits per heavy atom. The SMILES string of the molecule is Cc1noc(CCC(=O)N[C@H](CC(=O)O)C(=O)O)n1. The van der Waals surface area contributed by atoms with Crippen molar-refractivity contribution in [1.82, 2.24) is 15.5 Å². The van der Waals surface area contributed by atoms with E-state index in [-0.39, 0.29) is 18.7 Å². The van der Waals surface area contributed by atoms with E-state index in [0.29, 0.717) is 5.82 Å². The summed E-state index contributed by atoms with van der Waals surface area (Å²) >= 11 is 0. The Morgan fingerprint density at radius 1 is 1.37 bits per heavy atom. The third-order valence-electron chi connectivity index (χ3n) is 2.15. The number of aromatic nitrogens is 2. The molecule has 1 atom stereocenters. The maximum Gasteiger partial charge on any atom is 0.326 e. The molecule has 1 heterocycles. The van der Waals surface area contributed by atoms with Gasteiger partial charge in [0.2, 0.25) is 11.8 Å². The molecule has 3 N–H and O–H groups in total. The highest BCUT2D eigenvalue weighted by Gasteiger charge is 2.23. The molecule has 1 rings (SSSR count). The van der Waals surface area contributed by atoms with Crippen LogP contribution in [0.5, 0.6) is 0 Å². The first-order valence-corrected chi connectivity index (χ1v) is 5.41. The van der Waals surface area contributed by atoms with E-state index in [1.165, 1.54) is 0 Å². The molecular formula is C10H13N3O6. The molecule has 19 heavy (non-hydrogen) atoms. The summed E-state index contributed by atoms with van der Waals surface area (Å²) in [4.78, 5) is 36.5. The number of aliphatic carboxylic acids is 2. The van der Waals surface area contributed by atoms with Crippen LogP contribution < -0.4 is 5.32 Å². The standard InChI is InChI=1S/C10H13N3O6/c1-5-11-8(19-13-5)3-2-7(14)12-6(10(17)18)4-9(15)16/h6H,2-4H2,1H3,(H,12,14)(H,15,16)(H,17,18)/t6-/m1/s1. The van der Waals surface area contributed by atoms with Gasteiger partial charge in [0.1, 0.15) is 6.04 Å². The first-order chi connectivity index (χ1) is 8.88. The van der Waals surface area contributed by atoms with E-state index in [9.17, 15) is 14.4 Å². The summed E-state index contributed by atoms with van der Waals surface area (Å²) in [5, 5.41) is 22.9. The smallest absolute Gasteiger partial charge is 0.326 e. The van der Waals surface area contributed by atoms with E-state index in [0.717, 1.165) is 0 Å². The molecule has 1 aromatic heterocycles. The van der Waals surface area contributed by atoms with Crippen molar-refractivity contribution in [2.75, 3.05) is 0 Å². The molecule has 0 spiro atoms. The van der Waals surface area contributed by atoms with Gasteiger partial charge >= 0.3 is 11.9 Å². The Labute approximate surface area is 107 Å². The minimum Gasteiger partial charge on any atom is -0.481 e. The van der Waals surface area contributed by atoms with Gasteiger partial charge in [-0.25, -0.2) is 4.79 Å². The van der Waals surface area contributed by atoms with E-state index >= 15 is 0 Å². The van der Waals surface area contributed by atoms with Crippen molar-refractivity contribution in [2.24, 2.45) is 0 Å². The van der Waals surface area contributed by atoms with Gasteiger partial charge in [-0.2, -0.15) is 4.98 Å². The van der Waals surface area contributed by atoms with Gasteiger partial charge in [0.15, 0.2) is 5.82 Å². The zero-order valence-corrected chi connectivity index (χ0v) is 10.1. The lowest BCUT2D eigenvalue weighted by atomic mass is 10.2. The zero-order valence-electron chi connectivity index (χ0n) is 10.1. The van der Waals surface area contributed by atoms with Gasteiger partial charge in [0, 0.05) is 12.8 Å². The molecule has 0 saturated heterocycles. The molecule has 1 amide bonds. The molecular weight excluding hydrogens is 258 g/mol. The van der Waals surface area contributed by atoms with Gasteiger partial charge in [-0.1, -0.05) is 5.16 Å². The van der Waals surface area contributed by atoms with Crippen LogP contribution in [0.15, 0.2) is 4.52 Å². The molecule has 0 aliphatic carbocycles. The van der Waals surface area contributed by atoms with Crippen molar-refractivity contribution in [2.45, 2.75) is 32.2 Å². The number of carbonyl (C=O) groups excluding carboxylic acids is 1. The Kier molecular flexibility index (Phi) is 4.98. The summed E-state index contributed by atoms with van der Waals surface area (Å²) < 4.78 is 4.78. The number of nitrogens with zero attached hydrogens (tertiary/aromatic N) is 2. The summed E-state index contributed by atoms with van der Waals surface area (Å²) in [6.07, 6.45) is -0.585. The first kappa shape index (κ1) is 14.6. The molecule has 0 radical (unpaired) electrons. The van der Waals surface area contributed by atoms with E-state index in [2.05, 4.69) is 15.5 Å². The highest BCUT2D eigenvalue weighted by atomic mass is 16.5. The van der Waals surface area contributed by atoms with Crippen LogP contribution >= 0.6 is 0 Å². The fourth-order valence-electron chi connectivity index (χ4n) is 1.30. The summed E-state index contributed by atoms with van der Waals surface area (Å²) in [6, 6.07) is -1.45. The monoisotopic (exact) mass is 271 g/mol. The fourth-order valence-corrected chi connectivity index (χ4v) is 1.30. The Morgan fingerprint density at radius 2 is 2.05 bits per heavy atom. The van der Waals surface area contributed by atoms with Crippen molar-refractivity contribution in [3.05, 3.63) is 11.7 Å². The number of hydrogen-bond donors (Lipinski definition) is 3. The molecule has 1 aromatic rings. The molecule has 9 heteroatoms. The van der Waals surface area contributed by atoms with Crippen molar-refractivity contribution in [3.8, 4) is 0 Å². The molecule has 0 bridgehead atoms. The van der Waals surface area contributed by atoms with Crippen LogP contribution in [0.25, 0.3) is 0 Å². The van der Waals surface area contributed by atoms with Crippen molar-refractivity contribution in [3.63, 3.8) is 0 Å². The molecule has 0 saturated carbocycles. The predicted molar refractivity (Wildman–Crippen MR) is 59.2 cm³/mol. The number of carboxylic acid groups (broad SMARTS) is 2. The van der Waals surface area contributed by atoms with Gasteiger partial charge < -0.3 is 20.1 Å². The summed E-state index contributed by atoms with van der Waals surface area (Å²) in [5.41, 5.74) is 0. The number of hydrogen-bond acceptors (Lipinski definition) is 6. The quantitative estimate of drug-likeness (QED) is 0.594. The Hall–Kier alpha value is -2.45. The fraction of sp³-hybridized carbons (Fsp3) is 0.500. The lowest BCUT2D eigenvalue weighted by Gasteiger charge is -2.11. The minimum atomic E-state index is -1.45. The number of nitrogens with one attached hydrogen (secondary N) is 1. The molecule has 0 aromatic carbocycles. The maximum absolute atomic E-state index is 11.5. The summed E-state index contributed by atoms with van der Waals surface area (Å²) in [6.45, 7) is 1.63. The number of carbonyl (C=O) groups is 3. The average molecular weight is 271 g/mol. The second-order valence-corrected chi connectivity index (χ2v) is 3.79. The highest BCUT2D eigenvalue weighted by molar-refractivity contribution is 5.86. The van der Waals surface area contributed by atoms with Crippen LogP contribution in [0, 0.1) is 6.92 Å². The van der Waals surface area contributed by atoms with E-state index in [4.69, 9.17) is 14.7 Å². The van der Waals surface area contributed by atoms with Crippen LogP contribution in [0.3, 0.4) is 0 Å². The van der Waals surface area contributed by atoms with Gasteiger partial charge in [0.05, 0.1) is 6.42 Å². The van der Waals surface area contributed by atoms with Crippen LogP contribution in [-0.2, 0) is 20.8 Å². The van der Waals surface area contributed by atoms with E-state index in [1.807, 2.05) is 0 Å².